The molecule has 2 fully saturated rings. The number of aromatic nitrogens is 3. The quantitative estimate of drug-likeness (QED) is 0.472. The van der Waals surface area contributed by atoms with E-state index in [9.17, 15) is 0 Å². The molecule has 0 spiro atoms. The Bertz CT molecular complexity index is 918. The molecule has 33 heavy (non-hydrogen) atoms. The van der Waals surface area contributed by atoms with Crippen molar-refractivity contribution in [3.8, 4) is 11.5 Å². The van der Waals surface area contributed by atoms with Crippen molar-refractivity contribution < 1.29 is 9.47 Å². The van der Waals surface area contributed by atoms with Crippen LogP contribution < -0.4 is 24.7 Å². The maximum absolute atomic E-state index is 5.46. The number of methoxy groups -OCH3 is 2. The van der Waals surface area contributed by atoms with Crippen molar-refractivity contribution >= 4 is 23.6 Å². The van der Waals surface area contributed by atoms with Gasteiger partial charge in [0.2, 0.25) is 17.8 Å². The predicted molar refractivity (Wildman–Crippen MR) is 132 cm³/mol. The summed E-state index contributed by atoms with van der Waals surface area (Å²) >= 11 is 0. The molecule has 0 unspecified atom stereocenters. The van der Waals surface area contributed by atoms with Crippen LogP contribution >= 0.6 is 0 Å². The van der Waals surface area contributed by atoms with Gasteiger partial charge in [-0.25, -0.2) is 5.43 Å². The topological polar surface area (TPSA) is 88.0 Å². The molecule has 0 radical (unpaired) electrons. The van der Waals surface area contributed by atoms with E-state index in [1.807, 2.05) is 18.2 Å². The van der Waals surface area contributed by atoms with Crippen LogP contribution in [0.3, 0.4) is 0 Å². The molecule has 1 aromatic carbocycles. The van der Waals surface area contributed by atoms with E-state index >= 15 is 0 Å². The summed E-state index contributed by atoms with van der Waals surface area (Å²) in [7, 11) is 3.27. The Labute approximate surface area is 196 Å². The van der Waals surface area contributed by atoms with Crippen LogP contribution in [0.5, 0.6) is 11.5 Å². The van der Waals surface area contributed by atoms with Crippen molar-refractivity contribution in [1.29, 1.82) is 0 Å². The molecule has 0 saturated carbocycles. The Kier molecular flexibility index (Phi) is 7.80. The lowest BCUT2D eigenvalue weighted by atomic mass is 10.1. The number of hydrogen-bond donors (Lipinski definition) is 1. The lowest BCUT2D eigenvalue weighted by molar-refractivity contribution is 0.355. The largest absolute Gasteiger partial charge is 0.493 e. The maximum atomic E-state index is 5.46. The fraction of sp³-hybridized carbons (Fsp3) is 0.583. The fourth-order valence-corrected chi connectivity index (χ4v) is 4.36. The fourth-order valence-electron chi connectivity index (χ4n) is 4.36. The third kappa shape index (κ3) is 5.64. The molecule has 0 atom stereocenters. The molecular weight excluding hydrogens is 418 g/mol. The highest BCUT2D eigenvalue weighted by Crippen LogP contribution is 2.28. The van der Waals surface area contributed by atoms with Gasteiger partial charge in [0.1, 0.15) is 0 Å². The van der Waals surface area contributed by atoms with Gasteiger partial charge in [0, 0.05) is 31.7 Å². The van der Waals surface area contributed by atoms with Crippen LogP contribution in [-0.2, 0) is 0 Å². The molecule has 9 nitrogen and oxygen atoms in total. The zero-order valence-corrected chi connectivity index (χ0v) is 20.0. The molecule has 4 rings (SSSR count). The summed E-state index contributed by atoms with van der Waals surface area (Å²) in [5.74, 6) is 3.34. The van der Waals surface area contributed by atoms with Crippen LogP contribution in [0.15, 0.2) is 23.3 Å². The SMILES string of the molecule is CC/C(=N\Nc1nc(N2CCCCC2)nc(N2CCCCC2)n1)c1ccc(OC)c(OC)c1. The minimum Gasteiger partial charge on any atom is -0.493 e. The van der Waals surface area contributed by atoms with Gasteiger partial charge in [-0.2, -0.15) is 20.1 Å². The van der Waals surface area contributed by atoms with Crippen molar-refractivity contribution in [2.75, 3.05) is 55.6 Å². The van der Waals surface area contributed by atoms with E-state index in [-0.39, 0.29) is 0 Å². The van der Waals surface area contributed by atoms with E-state index in [0.29, 0.717) is 17.4 Å². The molecular formula is C24H35N7O2. The molecule has 9 heteroatoms. The zero-order valence-electron chi connectivity index (χ0n) is 20.0. The number of ether oxygens (including phenoxy) is 2. The smallest absolute Gasteiger partial charge is 0.250 e. The first-order valence-corrected chi connectivity index (χ1v) is 12.0. The number of hydrogen-bond acceptors (Lipinski definition) is 9. The number of hydrazone groups is 1. The zero-order chi connectivity index (χ0) is 23.0. The number of piperidine rings is 2. The first-order chi connectivity index (χ1) is 16.2. The minimum atomic E-state index is 0.484. The lowest BCUT2D eigenvalue weighted by Crippen LogP contribution is -2.34. The van der Waals surface area contributed by atoms with Crippen LogP contribution in [0.4, 0.5) is 17.8 Å². The van der Waals surface area contributed by atoms with Crippen molar-refractivity contribution in [2.45, 2.75) is 51.9 Å². The summed E-state index contributed by atoms with van der Waals surface area (Å²) in [6, 6.07) is 5.82. The van der Waals surface area contributed by atoms with E-state index in [2.05, 4.69) is 27.3 Å². The second kappa shape index (κ2) is 11.2. The molecule has 1 aromatic heterocycles. The Morgan fingerprint density at radius 1 is 0.848 bits per heavy atom. The second-order valence-corrected chi connectivity index (χ2v) is 8.45. The van der Waals surface area contributed by atoms with Gasteiger partial charge in [-0.1, -0.05) is 6.92 Å². The monoisotopic (exact) mass is 453 g/mol. The Balaban J connectivity index is 1.61. The van der Waals surface area contributed by atoms with Gasteiger partial charge in [0.25, 0.3) is 0 Å². The molecule has 0 bridgehead atoms. The third-order valence-corrected chi connectivity index (χ3v) is 6.23. The lowest BCUT2D eigenvalue weighted by Gasteiger charge is -2.30. The molecule has 2 aliphatic rings. The van der Waals surface area contributed by atoms with Crippen LogP contribution in [0.1, 0.15) is 57.4 Å². The second-order valence-electron chi connectivity index (χ2n) is 8.45. The number of nitrogens with one attached hydrogen (secondary N) is 1. The minimum absolute atomic E-state index is 0.484. The van der Waals surface area contributed by atoms with Crippen molar-refractivity contribution in [3.63, 3.8) is 0 Å². The Morgan fingerprint density at radius 3 is 1.94 bits per heavy atom. The number of rotatable bonds is 8. The van der Waals surface area contributed by atoms with Crippen LogP contribution in [0.25, 0.3) is 0 Å². The average molecular weight is 454 g/mol. The van der Waals surface area contributed by atoms with Crippen molar-refractivity contribution in [3.05, 3.63) is 23.8 Å². The highest BCUT2D eigenvalue weighted by atomic mass is 16.5. The predicted octanol–water partition coefficient (Wildman–Crippen LogP) is 4.10. The van der Waals surface area contributed by atoms with Gasteiger partial charge < -0.3 is 19.3 Å². The molecule has 2 aliphatic heterocycles. The van der Waals surface area contributed by atoms with Crippen molar-refractivity contribution in [2.24, 2.45) is 5.10 Å². The third-order valence-electron chi connectivity index (χ3n) is 6.23. The summed E-state index contributed by atoms with van der Waals surface area (Å²) in [5, 5.41) is 4.67. The number of nitrogens with zero attached hydrogens (tertiary/aromatic N) is 6. The van der Waals surface area contributed by atoms with E-state index in [4.69, 9.17) is 24.4 Å². The number of benzene rings is 1. The summed E-state index contributed by atoms with van der Waals surface area (Å²) in [6.45, 7) is 6.01. The normalized spacial score (nSPS) is 17.1. The molecule has 0 amide bonds. The van der Waals surface area contributed by atoms with Gasteiger partial charge in [-0.05, 0) is 63.1 Å². The van der Waals surface area contributed by atoms with Crippen LogP contribution in [0.2, 0.25) is 0 Å². The summed E-state index contributed by atoms with van der Waals surface area (Å²) in [4.78, 5) is 18.8. The van der Waals surface area contributed by atoms with Gasteiger partial charge in [0.05, 0.1) is 19.9 Å². The first kappa shape index (κ1) is 23.1. The molecule has 2 saturated heterocycles. The number of anilines is 3. The molecule has 178 valence electrons. The average Bonchev–Trinajstić information content (AvgIpc) is 2.89. The first-order valence-electron chi connectivity index (χ1n) is 12.0. The Morgan fingerprint density at radius 2 is 1.42 bits per heavy atom. The highest BCUT2D eigenvalue weighted by Gasteiger charge is 2.20. The van der Waals surface area contributed by atoms with Gasteiger partial charge >= 0.3 is 0 Å². The molecule has 3 heterocycles. The summed E-state index contributed by atoms with van der Waals surface area (Å²) in [5.41, 5.74) is 4.97. The highest BCUT2D eigenvalue weighted by molar-refractivity contribution is 6.01. The molecule has 0 aliphatic carbocycles. The maximum Gasteiger partial charge on any atom is 0.250 e. The van der Waals surface area contributed by atoms with Gasteiger partial charge in [-0.3, -0.25) is 0 Å². The van der Waals surface area contributed by atoms with E-state index in [1.165, 1.54) is 38.5 Å². The summed E-state index contributed by atoms with van der Waals surface area (Å²) < 4.78 is 10.8. The van der Waals surface area contributed by atoms with E-state index in [1.54, 1.807) is 14.2 Å². The standard InChI is InChI=1S/C24H35N7O2/c1-4-19(18-11-12-20(32-2)21(17-18)33-3)28-29-22-25-23(30-13-7-5-8-14-30)27-24(26-22)31-15-9-6-10-16-31/h11-12,17H,4-10,13-16H2,1-3H3,(H,25,26,27,29)/b28-19+. The van der Waals surface area contributed by atoms with Gasteiger partial charge in [0.15, 0.2) is 11.5 Å². The molecule has 1 N–H and O–H groups in total. The van der Waals surface area contributed by atoms with Gasteiger partial charge in [-0.15, -0.1) is 0 Å². The van der Waals surface area contributed by atoms with Crippen LogP contribution in [0, 0.1) is 0 Å². The Hall–Kier alpha value is -3.10. The summed E-state index contributed by atoms with van der Waals surface area (Å²) in [6.07, 6.45) is 7.96. The van der Waals surface area contributed by atoms with Crippen molar-refractivity contribution in [1.82, 2.24) is 15.0 Å². The van der Waals surface area contributed by atoms with E-state index < -0.39 is 0 Å². The van der Waals surface area contributed by atoms with Crippen LogP contribution in [-0.4, -0.2) is 61.1 Å². The van der Waals surface area contributed by atoms with E-state index in [0.717, 1.165) is 55.8 Å². The molecule has 2 aromatic rings.